The molecule has 0 atom stereocenters. The zero-order valence-corrected chi connectivity index (χ0v) is 60.1. The fourth-order valence-electron chi connectivity index (χ4n) is 18.6. The van der Waals surface area contributed by atoms with Crippen molar-refractivity contribution in [2.75, 3.05) is 24.5 Å². The van der Waals surface area contributed by atoms with Crippen LogP contribution in [0.4, 0.5) is 85.3 Å². The molecule has 8 heteroatoms. The van der Waals surface area contributed by atoms with E-state index in [0.29, 0.717) is 0 Å². The summed E-state index contributed by atoms with van der Waals surface area (Å²) in [6.45, 7) is -0.542. The van der Waals surface area contributed by atoms with Gasteiger partial charge in [0.2, 0.25) is 0 Å². The van der Waals surface area contributed by atoms with Crippen LogP contribution in [-0.4, -0.2) is 18.0 Å². The normalized spacial score (nSPS) is 12.8. The van der Waals surface area contributed by atoms with Crippen LogP contribution in [0.25, 0.3) is 72.0 Å². The summed E-state index contributed by atoms with van der Waals surface area (Å²) in [5.74, 6) is 0. The largest absolute Gasteiger partial charge is 0.311 e. The van der Waals surface area contributed by atoms with Gasteiger partial charge in [-0.1, -0.05) is 309 Å². The van der Waals surface area contributed by atoms with E-state index in [9.17, 15) is 0 Å². The van der Waals surface area contributed by atoms with Gasteiger partial charge in [-0.05, 0) is 158 Å². The second-order valence-corrected chi connectivity index (χ2v) is 29.0. The number of fused-ring (bicyclic) bond motifs is 11. The standard InChI is InChI=1S/C102H68B2N6/c1-9-35-69(36-10-1)79-53-33-54-80(70-37-11-2-12-38-70)101(79)109-92-62-32-28-58-86(92)104-87-67-88-94(68-93(87)107(76-49-23-8-24-50-76)96-65-78(66-97(109)100(96)104)108-89-59-29-25-51-83(89)84-52-26-30-60-90(84)108)110(102-81(71-39-13-3-14-40-71)55-34-56-82(102)72-41-15-4-16-42-72)98-64-77(105(73-43-17-5-18-44-73)74-45-19-6-20-46-74)63-95-99(98)103(88)85-57-27-31-61-91(85)106(95)75-47-21-7-22-48-75/h1-68H. The maximum atomic E-state index is 2.70. The van der Waals surface area contributed by atoms with Gasteiger partial charge >= 0.3 is 0 Å². The maximum Gasteiger partial charge on any atom is 0.252 e. The van der Waals surface area contributed by atoms with Crippen LogP contribution in [0.5, 0.6) is 0 Å². The van der Waals surface area contributed by atoms with Crippen molar-refractivity contribution in [2.24, 2.45) is 0 Å². The quantitative estimate of drug-likeness (QED) is 0.113. The molecular weight excluding hydrogens is 1330 g/mol. The second kappa shape index (κ2) is 25.7. The van der Waals surface area contributed by atoms with Crippen LogP contribution >= 0.6 is 0 Å². The van der Waals surface area contributed by atoms with Crippen molar-refractivity contribution >= 4 is 153 Å². The number of anilines is 15. The lowest BCUT2D eigenvalue weighted by Crippen LogP contribution is -2.65. The maximum absolute atomic E-state index is 2.70. The summed E-state index contributed by atoms with van der Waals surface area (Å²) < 4.78 is 2.52. The molecule has 0 N–H and O–H groups in total. The fourth-order valence-corrected chi connectivity index (χ4v) is 18.6. The molecule has 0 saturated heterocycles. The number of para-hydroxylation sites is 10. The fraction of sp³-hybridized carbons (Fsp3) is 0. The Morgan fingerprint density at radius 3 is 0.955 bits per heavy atom. The molecule has 22 rings (SSSR count). The zero-order valence-electron chi connectivity index (χ0n) is 60.1. The van der Waals surface area contributed by atoms with Crippen LogP contribution in [-0.2, 0) is 0 Å². The molecule has 0 spiro atoms. The van der Waals surface area contributed by atoms with E-state index < -0.39 is 0 Å². The molecule has 17 aromatic carbocycles. The van der Waals surface area contributed by atoms with E-state index in [4.69, 9.17) is 0 Å². The van der Waals surface area contributed by atoms with Gasteiger partial charge in [0.15, 0.2) is 0 Å². The van der Waals surface area contributed by atoms with Crippen LogP contribution in [0, 0.1) is 0 Å². The summed E-state index contributed by atoms with van der Waals surface area (Å²) in [6.07, 6.45) is 0. The summed E-state index contributed by atoms with van der Waals surface area (Å²) in [5.41, 5.74) is 36.1. The molecule has 0 radical (unpaired) electrons. The summed E-state index contributed by atoms with van der Waals surface area (Å²) in [6, 6.07) is 154. The summed E-state index contributed by atoms with van der Waals surface area (Å²) >= 11 is 0. The van der Waals surface area contributed by atoms with Crippen molar-refractivity contribution in [2.45, 2.75) is 0 Å². The topological polar surface area (TPSA) is 21.1 Å². The number of hydrogen-bond acceptors (Lipinski definition) is 5. The zero-order chi connectivity index (χ0) is 72.3. The Hall–Kier alpha value is -14.3. The number of aromatic nitrogens is 1. The molecule has 512 valence electrons. The Labute approximate surface area is 640 Å². The molecule has 1 aromatic heterocycles. The lowest BCUT2D eigenvalue weighted by atomic mass is 9.30. The summed E-state index contributed by atoms with van der Waals surface area (Å²) in [7, 11) is 0. The number of hydrogen-bond donors (Lipinski definition) is 0. The molecule has 0 fully saturated rings. The van der Waals surface area contributed by atoms with Crippen molar-refractivity contribution in [1.29, 1.82) is 0 Å². The first-order chi connectivity index (χ1) is 54.7. The van der Waals surface area contributed by atoms with Gasteiger partial charge in [0.05, 0.1) is 33.8 Å². The van der Waals surface area contributed by atoms with Gasteiger partial charge in [-0.15, -0.1) is 0 Å². The van der Waals surface area contributed by atoms with Gasteiger partial charge < -0.3 is 29.1 Å². The van der Waals surface area contributed by atoms with Crippen molar-refractivity contribution in [3.8, 4) is 50.2 Å². The number of rotatable bonds is 12. The highest BCUT2D eigenvalue weighted by molar-refractivity contribution is 7.03. The first-order valence-corrected chi connectivity index (χ1v) is 38.1. The third-order valence-electron chi connectivity index (χ3n) is 23.1. The minimum absolute atomic E-state index is 0.266. The third-order valence-corrected chi connectivity index (χ3v) is 23.1. The van der Waals surface area contributed by atoms with Crippen LogP contribution in [0.15, 0.2) is 413 Å². The average Bonchev–Trinajstić information content (AvgIpc) is 0.690. The second-order valence-electron chi connectivity index (χ2n) is 29.0. The van der Waals surface area contributed by atoms with Crippen molar-refractivity contribution in [3.05, 3.63) is 413 Å². The number of benzene rings is 17. The van der Waals surface area contributed by atoms with E-state index in [2.05, 4.69) is 442 Å². The highest BCUT2D eigenvalue weighted by Gasteiger charge is 2.50. The van der Waals surface area contributed by atoms with Crippen molar-refractivity contribution < 1.29 is 0 Å². The molecule has 0 saturated carbocycles. The van der Waals surface area contributed by atoms with E-state index in [1.54, 1.807) is 0 Å². The molecule has 4 aliphatic heterocycles. The van der Waals surface area contributed by atoms with E-state index in [1.165, 1.54) is 43.5 Å². The highest BCUT2D eigenvalue weighted by Crippen LogP contribution is 2.56. The summed E-state index contributed by atoms with van der Waals surface area (Å²) in [4.78, 5) is 13.0. The first kappa shape index (κ1) is 63.0. The number of nitrogens with zero attached hydrogens (tertiary/aromatic N) is 6. The van der Waals surface area contributed by atoms with Crippen LogP contribution < -0.4 is 57.3 Å². The van der Waals surface area contributed by atoms with Crippen LogP contribution in [0.3, 0.4) is 0 Å². The lowest BCUT2D eigenvalue weighted by molar-refractivity contribution is 1.16. The molecule has 6 nitrogen and oxygen atoms in total. The summed E-state index contributed by atoms with van der Waals surface area (Å²) in [5, 5.41) is 2.41. The van der Waals surface area contributed by atoms with Crippen molar-refractivity contribution in [3.63, 3.8) is 0 Å². The van der Waals surface area contributed by atoms with E-state index in [-0.39, 0.29) is 13.4 Å². The minimum atomic E-state index is -0.276. The first-order valence-electron chi connectivity index (χ1n) is 38.1. The molecule has 18 aromatic rings. The van der Waals surface area contributed by atoms with Crippen LogP contribution in [0.1, 0.15) is 0 Å². The monoisotopic (exact) mass is 1400 g/mol. The Morgan fingerprint density at radius 2 is 0.518 bits per heavy atom. The van der Waals surface area contributed by atoms with E-state index in [0.717, 1.165) is 147 Å². The van der Waals surface area contributed by atoms with E-state index in [1.807, 2.05) is 0 Å². The Bertz CT molecular complexity index is 6410. The lowest BCUT2D eigenvalue weighted by Gasteiger charge is -2.48. The van der Waals surface area contributed by atoms with Gasteiger partial charge in [-0.25, -0.2) is 0 Å². The minimum Gasteiger partial charge on any atom is -0.311 e. The molecular formula is C102H68B2N6. The smallest absolute Gasteiger partial charge is 0.252 e. The molecule has 0 aliphatic carbocycles. The predicted octanol–water partition coefficient (Wildman–Crippen LogP) is 23.1. The van der Waals surface area contributed by atoms with Crippen LogP contribution in [0.2, 0.25) is 0 Å². The highest BCUT2D eigenvalue weighted by atomic mass is 15.2. The predicted molar refractivity (Wildman–Crippen MR) is 465 cm³/mol. The Morgan fingerprint density at radius 1 is 0.200 bits per heavy atom. The van der Waals surface area contributed by atoms with Gasteiger partial charge in [0.25, 0.3) is 13.4 Å². The van der Waals surface area contributed by atoms with E-state index >= 15 is 0 Å². The molecule has 5 heterocycles. The van der Waals surface area contributed by atoms with Gasteiger partial charge in [-0.2, -0.15) is 0 Å². The Kier molecular flexibility index (Phi) is 14.7. The van der Waals surface area contributed by atoms with Gasteiger partial charge in [-0.3, -0.25) is 0 Å². The molecule has 4 aliphatic rings. The van der Waals surface area contributed by atoms with Gasteiger partial charge in [0.1, 0.15) is 0 Å². The molecule has 110 heavy (non-hydrogen) atoms. The SMILES string of the molecule is c1ccc(-c2cccc(-c3ccccc3)c2N2c3cc4c(cc3B3c5ccccc5N(c5ccccc5)c5cc(N(c6ccccc6)c6ccccc6)cc2c53)B2c3ccccc3N(c3c(-c5ccccc5)cccc3-c3ccccc3)c3cc(-n5c6ccccc6c6ccccc65)cc(c32)N4c2ccccc2)cc1. The molecule has 0 unspecified atom stereocenters. The van der Waals surface area contributed by atoms with Crippen molar-refractivity contribution in [1.82, 2.24) is 4.57 Å². The third kappa shape index (κ3) is 9.86. The van der Waals surface area contributed by atoms with Gasteiger partial charge in [0, 0.05) is 101 Å². The molecule has 0 amide bonds. The Balaban J connectivity index is 0.909. The average molecular weight is 1400 g/mol. The molecule has 0 bridgehead atoms.